The van der Waals surface area contributed by atoms with Gasteiger partial charge >= 0.3 is 5.97 Å². The highest BCUT2D eigenvalue weighted by atomic mass is 35.5. The Morgan fingerprint density at radius 2 is 1.74 bits per heavy atom. The predicted molar refractivity (Wildman–Crippen MR) is 97.8 cm³/mol. The van der Waals surface area contributed by atoms with Crippen LogP contribution in [-0.4, -0.2) is 34.9 Å². The molecule has 3 rings (SSSR count). The lowest BCUT2D eigenvalue weighted by atomic mass is 9.78. The molecule has 1 aliphatic carbocycles. The molecule has 0 heterocycles. The number of hydrogen-bond acceptors (Lipinski definition) is 6. The highest BCUT2D eigenvalue weighted by Crippen LogP contribution is 2.39. The molecule has 0 radical (unpaired) electrons. The number of ketones is 2. The van der Waals surface area contributed by atoms with E-state index in [1.807, 2.05) is 0 Å². The second kappa shape index (κ2) is 7.25. The van der Waals surface area contributed by atoms with Crippen molar-refractivity contribution in [2.24, 2.45) is 0 Å². The van der Waals surface area contributed by atoms with Crippen LogP contribution in [0.4, 0.5) is 0 Å². The van der Waals surface area contributed by atoms with Crippen molar-refractivity contribution in [1.29, 1.82) is 0 Å². The highest BCUT2D eigenvalue weighted by molar-refractivity contribution is 6.52. The zero-order valence-electron chi connectivity index (χ0n) is 14.2. The molecule has 27 heavy (non-hydrogen) atoms. The van der Waals surface area contributed by atoms with Crippen molar-refractivity contribution in [3.8, 4) is 5.75 Å². The quantitative estimate of drug-likeness (QED) is 0.616. The SMILES string of the molecule is COC(=O)C[C@@H](C1=C(O)c2ccccc2C(=O)C1=O)c1ccc(O)c(Cl)c1. The fourth-order valence-electron chi connectivity index (χ4n) is 3.08. The van der Waals surface area contributed by atoms with Crippen molar-refractivity contribution in [3.05, 3.63) is 69.8 Å². The first-order valence-electron chi connectivity index (χ1n) is 8.02. The van der Waals surface area contributed by atoms with Crippen LogP contribution in [0.2, 0.25) is 5.02 Å². The van der Waals surface area contributed by atoms with Crippen molar-refractivity contribution in [2.45, 2.75) is 12.3 Å². The first-order chi connectivity index (χ1) is 12.8. The van der Waals surface area contributed by atoms with E-state index in [4.69, 9.17) is 16.3 Å². The van der Waals surface area contributed by atoms with Gasteiger partial charge in [0.15, 0.2) is 0 Å². The molecule has 2 N–H and O–H groups in total. The van der Waals surface area contributed by atoms with E-state index in [0.29, 0.717) is 5.56 Å². The number of aromatic hydroxyl groups is 1. The minimum atomic E-state index is -0.972. The second-order valence-corrected chi connectivity index (χ2v) is 6.42. The van der Waals surface area contributed by atoms with Crippen molar-refractivity contribution in [2.75, 3.05) is 7.11 Å². The van der Waals surface area contributed by atoms with Crippen LogP contribution in [0.15, 0.2) is 48.0 Å². The fourth-order valence-corrected chi connectivity index (χ4v) is 3.27. The van der Waals surface area contributed by atoms with Crippen LogP contribution >= 0.6 is 11.6 Å². The van der Waals surface area contributed by atoms with Crippen molar-refractivity contribution >= 4 is 34.9 Å². The van der Waals surface area contributed by atoms with Crippen molar-refractivity contribution in [3.63, 3.8) is 0 Å². The number of aliphatic hydroxyl groups excluding tert-OH is 1. The van der Waals surface area contributed by atoms with Crippen molar-refractivity contribution in [1.82, 2.24) is 0 Å². The Labute approximate surface area is 159 Å². The van der Waals surface area contributed by atoms with Gasteiger partial charge in [0.25, 0.3) is 0 Å². The summed E-state index contributed by atoms with van der Waals surface area (Å²) >= 11 is 5.95. The van der Waals surface area contributed by atoms with Crippen LogP contribution in [-0.2, 0) is 14.3 Å². The van der Waals surface area contributed by atoms with Crippen LogP contribution in [0, 0.1) is 0 Å². The molecule has 1 atom stereocenters. The van der Waals surface area contributed by atoms with Gasteiger partial charge < -0.3 is 14.9 Å². The van der Waals surface area contributed by atoms with E-state index in [0.717, 1.165) is 0 Å². The van der Waals surface area contributed by atoms with Crippen LogP contribution < -0.4 is 0 Å². The molecule has 7 heteroatoms. The molecule has 0 saturated heterocycles. The van der Waals surface area contributed by atoms with Gasteiger partial charge in [-0.15, -0.1) is 0 Å². The maximum absolute atomic E-state index is 12.7. The summed E-state index contributed by atoms with van der Waals surface area (Å²) in [4.78, 5) is 37.2. The van der Waals surface area contributed by atoms with E-state index >= 15 is 0 Å². The number of phenolic OH excluding ortho intramolecular Hbond substituents is 1. The maximum Gasteiger partial charge on any atom is 0.306 e. The zero-order valence-corrected chi connectivity index (χ0v) is 15.0. The van der Waals surface area contributed by atoms with E-state index in [9.17, 15) is 24.6 Å². The van der Waals surface area contributed by atoms with Gasteiger partial charge in [0.1, 0.15) is 11.5 Å². The van der Waals surface area contributed by atoms with E-state index in [-0.39, 0.29) is 39.7 Å². The van der Waals surface area contributed by atoms with E-state index in [1.54, 1.807) is 12.1 Å². The summed E-state index contributed by atoms with van der Waals surface area (Å²) in [5, 5.41) is 20.4. The number of carbonyl (C=O) groups is 3. The van der Waals surface area contributed by atoms with Crippen LogP contribution in [0.1, 0.15) is 33.8 Å². The summed E-state index contributed by atoms with van der Waals surface area (Å²) in [5.74, 6) is -3.81. The smallest absolute Gasteiger partial charge is 0.306 e. The van der Waals surface area contributed by atoms with Gasteiger partial charge in [0.05, 0.1) is 24.1 Å². The topological polar surface area (TPSA) is 101 Å². The van der Waals surface area contributed by atoms with E-state index in [1.165, 1.54) is 37.4 Å². The second-order valence-electron chi connectivity index (χ2n) is 6.01. The Bertz CT molecular complexity index is 992. The van der Waals surface area contributed by atoms with Gasteiger partial charge in [0.2, 0.25) is 11.6 Å². The maximum atomic E-state index is 12.7. The normalized spacial score (nSPS) is 14.7. The Morgan fingerprint density at radius 3 is 2.37 bits per heavy atom. The Balaban J connectivity index is 2.22. The number of ether oxygens (including phenoxy) is 1. The highest BCUT2D eigenvalue weighted by Gasteiger charge is 2.38. The summed E-state index contributed by atoms with van der Waals surface area (Å²) in [6, 6.07) is 10.3. The standard InChI is InChI=1S/C20H15ClO6/c1-27-16(23)9-13(10-6-7-15(22)14(21)8-10)17-18(24)11-4-2-3-5-12(11)19(25)20(17)26/h2-8,13,22,24H,9H2,1H3/t13-/m1/s1. The van der Waals surface area contributed by atoms with Gasteiger partial charge in [-0.1, -0.05) is 41.9 Å². The molecule has 0 fully saturated rings. The molecule has 0 aromatic heterocycles. The summed E-state index contributed by atoms with van der Waals surface area (Å²) < 4.78 is 4.69. The van der Waals surface area contributed by atoms with Crippen LogP contribution in [0.5, 0.6) is 5.75 Å². The number of hydrogen-bond donors (Lipinski definition) is 2. The molecule has 0 aliphatic heterocycles. The third kappa shape index (κ3) is 3.31. The summed E-state index contributed by atoms with van der Waals surface area (Å²) in [7, 11) is 1.20. The fraction of sp³-hybridized carbons (Fsp3) is 0.150. The van der Waals surface area contributed by atoms with Crippen LogP contribution in [0.25, 0.3) is 5.76 Å². The molecular formula is C20H15ClO6. The number of benzene rings is 2. The molecule has 1 aliphatic rings. The molecule has 0 amide bonds. The molecule has 0 unspecified atom stereocenters. The molecule has 138 valence electrons. The number of methoxy groups -OCH3 is 1. The number of esters is 1. The molecule has 0 spiro atoms. The third-order valence-corrected chi connectivity index (χ3v) is 4.76. The first kappa shape index (κ1) is 18.7. The molecular weight excluding hydrogens is 372 g/mol. The third-order valence-electron chi connectivity index (χ3n) is 4.45. The van der Waals surface area contributed by atoms with Gasteiger partial charge in [-0.25, -0.2) is 0 Å². The number of Topliss-reactive ketones (excluding diaryl/α,β-unsaturated/α-hetero) is 2. The number of fused-ring (bicyclic) bond motifs is 1. The summed E-state index contributed by atoms with van der Waals surface area (Å²) in [5.41, 5.74) is 0.497. The lowest BCUT2D eigenvalue weighted by molar-refractivity contribution is -0.140. The average Bonchev–Trinajstić information content (AvgIpc) is 2.67. The Morgan fingerprint density at radius 1 is 1.07 bits per heavy atom. The minimum absolute atomic E-state index is 0.0115. The molecule has 0 bridgehead atoms. The van der Waals surface area contributed by atoms with Crippen LogP contribution in [0.3, 0.4) is 0 Å². The first-order valence-corrected chi connectivity index (χ1v) is 8.39. The van der Waals surface area contributed by atoms with Gasteiger partial charge in [-0.2, -0.15) is 0 Å². The minimum Gasteiger partial charge on any atom is -0.507 e. The predicted octanol–water partition coefficient (Wildman–Crippen LogP) is 3.43. The molecule has 6 nitrogen and oxygen atoms in total. The number of carbonyl (C=O) groups excluding carboxylic acids is 3. The zero-order chi connectivity index (χ0) is 19.7. The largest absolute Gasteiger partial charge is 0.507 e. The average molecular weight is 387 g/mol. The Kier molecular flexibility index (Phi) is 5.01. The Hall–Kier alpha value is -3.12. The number of rotatable bonds is 4. The van der Waals surface area contributed by atoms with E-state index in [2.05, 4.69) is 0 Å². The van der Waals surface area contributed by atoms with Gasteiger partial charge in [-0.05, 0) is 17.7 Å². The number of allylic oxidation sites excluding steroid dienone is 1. The van der Waals surface area contributed by atoms with Crippen molar-refractivity contribution < 1.29 is 29.3 Å². The lowest BCUT2D eigenvalue weighted by Crippen LogP contribution is -2.28. The summed E-state index contributed by atoms with van der Waals surface area (Å²) in [6.07, 6.45) is -0.293. The number of halogens is 1. The lowest BCUT2D eigenvalue weighted by Gasteiger charge is -2.24. The summed E-state index contributed by atoms with van der Waals surface area (Å²) in [6.45, 7) is 0. The van der Waals surface area contributed by atoms with Gasteiger partial charge in [-0.3, -0.25) is 14.4 Å². The number of aliphatic hydroxyl groups is 1. The molecule has 2 aromatic rings. The van der Waals surface area contributed by atoms with E-state index < -0.39 is 23.5 Å². The molecule has 0 saturated carbocycles. The number of phenols is 1. The monoisotopic (exact) mass is 386 g/mol. The van der Waals surface area contributed by atoms with Gasteiger partial charge in [0, 0.05) is 17.0 Å². The molecule has 2 aromatic carbocycles.